The molecule has 0 heterocycles. The number of aryl methyl sites for hydroxylation is 1. The first kappa shape index (κ1) is 11.2. The van der Waals surface area contributed by atoms with Gasteiger partial charge in [0.05, 0.1) is 0 Å². The summed E-state index contributed by atoms with van der Waals surface area (Å²) < 4.78 is 0. The van der Waals surface area contributed by atoms with E-state index in [1.54, 1.807) is 0 Å². The summed E-state index contributed by atoms with van der Waals surface area (Å²) >= 11 is 6.20. The molecule has 1 atom stereocenters. The van der Waals surface area contributed by atoms with E-state index in [-0.39, 0.29) is 0 Å². The summed E-state index contributed by atoms with van der Waals surface area (Å²) in [5.74, 6) is 0.342. The Morgan fingerprint density at radius 3 is 2.19 bits per heavy atom. The zero-order valence-electron chi connectivity index (χ0n) is 9.57. The molecular weight excluding hydrogens is 216 g/mol. The first-order valence-corrected chi connectivity index (χ1v) is 5.87. The van der Waals surface area contributed by atoms with Crippen molar-refractivity contribution in [3.63, 3.8) is 0 Å². The minimum atomic E-state index is 0.342. The molecule has 0 fully saturated rings. The second kappa shape index (κ2) is 4.71. The third-order valence-corrected chi connectivity index (χ3v) is 3.29. The van der Waals surface area contributed by atoms with Crippen LogP contribution in [0.1, 0.15) is 29.5 Å². The van der Waals surface area contributed by atoms with Crippen molar-refractivity contribution in [1.29, 1.82) is 0 Å². The van der Waals surface area contributed by atoms with Crippen LogP contribution < -0.4 is 0 Å². The van der Waals surface area contributed by atoms with Crippen molar-refractivity contribution in [2.24, 2.45) is 0 Å². The minimum Gasteiger partial charge on any atom is -0.0840 e. The van der Waals surface area contributed by atoms with Gasteiger partial charge in [-0.15, -0.1) is 0 Å². The molecule has 0 bridgehead atoms. The molecule has 0 radical (unpaired) electrons. The molecule has 82 valence electrons. The first-order valence-electron chi connectivity index (χ1n) is 5.49. The van der Waals surface area contributed by atoms with E-state index >= 15 is 0 Å². The summed E-state index contributed by atoms with van der Waals surface area (Å²) in [5.41, 5.74) is 3.78. The first-order chi connectivity index (χ1) is 7.68. The van der Waals surface area contributed by atoms with Gasteiger partial charge in [0.15, 0.2) is 0 Å². The summed E-state index contributed by atoms with van der Waals surface area (Å²) in [6, 6.07) is 16.7. The van der Waals surface area contributed by atoms with E-state index in [4.69, 9.17) is 11.6 Å². The Labute approximate surface area is 102 Å². The monoisotopic (exact) mass is 230 g/mol. The largest absolute Gasteiger partial charge is 0.0840 e. The molecule has 0 N–H and O–H groups in total. The topological polar surface area (TPSA) is 0 Å². The summed E-state index contributed by atoms with van der Waals surface area (Å²) in [5, 5.41) is 0.843. The summed E-state index contributed by atoms with van der Waals surface area (Å²) in [4.78, 5) is 0. The van der Waals surface area contributed by atoms with Crippen molar-refractivity contribution >= 4 is 11.6 Å². The van der Waals surface area contributed by atoms with Crippen LogP contribution in [0.4, 0.5) is 0 Å². The molecule has 0 aliphatic heterocycles. The highest BCUT2D eigenvalue weighted by Crippen LogP contribution is 2.29. The Morgan fingerprint density at radius 2 is 1.56 bits per heavy atom. The molecule has 0 nitrogen and oxygen atoms in total. The van der Waals surface area contributed by atoms with Crippen molar-refractivity contribution in [2.45, 2.75) is 19.8 Å². The molecule has 0 amide bonds. The number of benzene rings is 2. The van der Waals surface area contributed by atoms with Gasteiger partial charge in [0.25, 0.3) is 0 Å². The molecule has 1 heteroatoms. The molecule has 0 aliphatic carbocycles. The molecule has 0 aliphatic rings. The molecule has 2 rings (SSSR count). The van der Waals surface area contributed by atoms with Crippen LogP contribution in [-0.2, 0) is 0 Å². The Kier molecular flexibility index (Phi) is 3.31. The third-order valence-electron chi connectivity index (χ3n) is 2.95. The highest BCUT2D eigenvalue weighted by Gasteiger charge is 2.10. The minimum absolute atomic E-state index is 0.342. The highest BCUT2D eigenvalue weighted by molar-refractivity contribution is 6.31. The van der Waals surface area contributed by atoms with Gasteiger partial charge in [-0.2, -0.15) is 0 Å². The number of hydrogen-bond acceptors (Lipinski definition) is 0. The maximum Gasteiger partial charge on any atom is 0.0444 e. The predicted molar refractivity (Wildman–Crippen MR) is 70.1 cm³/mol. The summed E-state index contributed by atoms with van der Waals surface area (Å²) in [6.07, 6.45) is 0. The lowest BCUT2D eigenvalue weighted by Gasteiger charge is -2.14. The van der Waals surface area contributed by atoms with Crippen LogP contribution >= 0.6 is 11.6 Å². The fraction of sp³-hybridized carbons (Fsp3) is 0.200. The van der Waals surface area contributed by atoms with E-state index in [0.717, 1.165) is 5.02 Å². The smallest absolute Gasteiger partial charge is 0.0444 e. The van der Waals surface area contributed by atoms with E-state index in [2.05, 4.69) is 44.2 Å². The maximum absolute atomic E-state index is 6.20. The molecule has 2 aromatic carbocycles. The zero-order valence-corrected chi connectivity index (χ0v) is 10.3. The van der Waals surface area contributed by atoms with Crippen molar-refractivity contribution < 1.29 is 0 Å². The zero-order chi connectivity index (χ0) is 11.5. The standard InChI is InChI=1S/C15H15Cl/c1-11-7-9-13(10-8-11)12(2)14-5-3-4-6-15(14)16/h3-10,12H,1-2H3/t12-/m0/s1. The molecule has 0 aromatic heterocycles. The fourth-order valence-corrected chi connectivity index (χ4v) is 2.16. The van der Waals surface area contributed by atoms with Crippen LogP contribution in [0.25, 0.3) is 0 Å². The van der Waals surface area contributed by atoms with Gasteiger partial charge in [0, 0.05) is 10.9 Å². The average molecular weight is 231 g/mol. The molecule has 0 spiro atoms. The molecule has 0 saturated carbocycles. The van der Waals surface area contributed by atoms with E-state index in [9.17, 15) is 0 Å². The Bertz CT molecular complexity index is 471. The predicted octanol–water partition coefficient (Wildman–Crippen LogP) is 4.80. The molecular formula is C15H15Cl. The Morgan fingerprint density at radius 1 is 0.938 bits per heavy atom. The van der Waals surface area contributed by atoms with Crippen molar-refractivity contribution in [1.82, 2.24) is 0 Å². The van der Waals surface area contributed by atoms with Gasteiger partial charge in [-0.3, -0.25) is 0 Å². The SMILES string of the molecule is Cc1ccc([C@H](C)c2ccccc2Cl)cc1. The van der Waals surface area contributed by atoms with Gasteiger partial charge in [-0.1, -0.05) is 66.6 Å². The van der Waals surface area contributed by atoms with Crippen molar-refractivity contribution in [2.75, 3.05) is 0 Å². The van der Waals surface area contributed by atoms with Gasteiger partial charge in [-0.05, 0) is 24.1 Å². The van der Waals surface area contributed by atoms with Crippen molar-refractivity contribution in [3.8, 4) is 0 Å². The van der Waals surface area contributed by atoms with Gasteiger partial charge < -0.3 is 0 Å². The van der Waals surface area contributed by atoms with Crippen LogP contribution in [-0.4, -0.2) is 0 Å². The molecule has 2 aromatic rings. The molecule has 0 unspecified atom stereocenters. The van der Waals surface area contributed by atoms with E-state index in [1.807, 2.05) is 18.2 Å². The quantitative estimate of drug-likeness (QED) is 0.695. The van der Waals surface area contributed by atoms with Gasteiger partial charge in [0.1, 0.15) is 0 Å². The lowest BCUT2D eigenvalue weighted by Crippen LogP contribution is -1.96. The summed E-state index contributed by atoms with van der Waals surface area (Å²) in [6.45, 7) is 4.29. The lowest BCUT2D eigenvalue weighted by atomic mass is 9.93. The van der Waals surface area contributed by atoms with Crippen LogP contribution in [0.15, 0.2) is 48.5 Å². The van der Waals surface area contributed by atoms with Gasteiger partial charge >= 0.3 is 0 Å². The third kappa shape index (κ3) is 2.28. The second-order valence-corrected chi connectivity index (χ2v) is 4.56. The number of halogens is 1. The summed E-state index contributed by atoms with van der Waals surface area (Å²) in [7, 11) is 0. The molecule has 16 heavy (non-hydrogen) atoms. The van der Waals surface area contributed by atoms with Crippen molar-refractivity contribution in [3.05, 3.63) is 70.2 Å². The molecule has 0 saturated heterocycles. The van der Waals surface area contributed by atoms with Crippen LogP contribution in [0.2, 0.25) is 5.02 Å². The second-order valence-electron chi connectivity index (χ2n) is 4.15. The maximum atomic E-state index is 6.20. The number of rotatable bonds is 2. The Balaban J connectivity index is 2.35. The van der Waals surface area contributed by atoms with Crippen LogP contribution in [0.3, 0.4) is 0 Å². The van der Waals surface area contributed by atoms with Crippen LogP contribution in [0, 0.1) is 6.92 Å². The van der Waals surface area contributed by atoms with Crippen LogP contribution in [0.5, 0.6) is 0 Å². The van der Waals surface area contributed by atoms with Gasteiger partial charge in [-0.25, -0.2) is 0 Å². The van der Waals surface area contributed by atoms with E-state index in [1.165, 1.54) is 16.7 Å². The average Bonchev–Trinajstić information content (AvgIpc) is 2.30. The normalized spacial score (nSPS) is 12.4. The lowest BCUT2D eigenvalue weighted by molar-refractivity contribution is 0.922. The fourth-order valence-electron chi connectivity index (χ4n) is 1.86. The van der Waals surface area contributed by atoms with Gasteiger partial charge in [0.2, 0.25) is 0 Å². The highest BCUT2D eigenvalue weighted by atomic mass is 35.5. The Hall–Kier alpha value is -1.27. The number of hydrogen-bond donors (Lipinski definition) is 0. The van der Waals surface area contributed by atoms with E-state index in [0.29, 0.717) is 5.92 Å². The van der Waals surface area contributed by atoms with E-state index < -0.39 is 0 Å².